The van der Waals surface area contributed by atoms with E-state index in [0.717, 1.165) is 19.5 Å². The van der Waals surface area contributed by atoms with Gasteiger partial charge in [-0.25, -0.2) is 13.1 Å². The van der Waals surface area contributed by atoms with Gasteiger partial charge in [0.2, 0.25) is 10.0 Å². The molecule has 7 nitrogen and oxygen atoms in total. The number of carbonyl (C=O) groups is 1. The Morgan fingerprint density at radius 2 is 2.04 bits per heavy atom. The predicted molar refractivity (Wildman–Crippen MR) is 101 cm³/mol. The van der Waals surface area contributed by atoms with Crippen LogP contribution in [0, 0.1) is 0 Å². The Morgan fingerprint density at radius 3 is 2.70 bits per heavy atom. The second kappa shape index (κ2) is 8.69. The molecule has 1 fully saturated rings. The van der Waals surface area contributed by atoms with Gasteiger partial charge >= 0.3 is 0 Å². The fourth-order valence-corrected chi connectivity index (χ4v) is 4.46. The van der Waals surface area contributed by atoms with E-state index in [-0.39, 0.29) is 17.3 Å². The van der Waals surface area contributed by atoms with Gasteiger partial charge in [-0.2, -0.15) is 0 Å². The molecule has 0 saturated carbocycles. The number of hydrogen-bond acceptors (Lipinski definition) is 4. The highest BCUT2D eigenvalue weighted by atomic mass is 32.2. The third kappa shape index (κ3) is 4.97. The third-order valence-corrected chi connectivity index (χ3v) is 6.45. The van der Waals surface area contributed by atoms with Gasteiger partial charge in [-0.1, -0.05) is 0 Å². The van der Waals surface area contributed by atoms with Crippen LogP contribution in [-0.4, -0.2) is 40.0 Å². The lowest BCUT2D eigenvalue weighted by atomic mass is 10.2. The molecular formula is C19H26N3O4S+. The Balaban J connectivity index is 1.56. The van der Waals surface area contributed by atoms with Gasteiger partial charge < -0.3 is 14.6 Å². The average molecular weight is 393 g/mol. The van der Waals surface area contributed by atoms with Crippen molar-refractivity contribution in [3.8, 4) is 0 Å². The molecular weight excluding hydrogens is 366 g/mol. The number of hydrogen-bond donors (Lipinski definition) is 3. The summed E-state index contributed by atoms with van der Waals surface area (Å²) in [6.07, 6.45) is 3.81. The van der Waals surface area contributed by atoms with E-state index in [9.17, 15) is 13.2 Å². The first-order chi connectivity index (χ1) is 13.0. The molecule has 27 heavy (non-hydrogen) atoms. The van der Waals surface area contributed by atoms with Crippen LogP contribution in [0.4, 0.5) is 0 Å². The summed E-state index contributed by atoms with van der Waals surface area (Å²) in [6.45, 7) is 5.11. The summed E-state index contributed by atoms with van der Waals surface area (Å²) in [5.41, 5.74) is 0.455. The molecule has 1 aromatic carbocycles. The molecule has 146 valence electrons. The second-order valence-electron chi connectivity index (χ2n) is 6.74. The number of quaternary nitrogens is 1. The topological polar surface area (TPSA) is 92.9 Å². The molecule has 0 spiro atoms. The molecule has 1 aromatic heterocycles. The van der Waals surface area contributed by atoms with Crippen molar-refractivity contribution in [1.82, 2.24) is 10.0 Å². The van der Waals surface area contributed by atoms with Crippen LogP contribution in [0.25, 0.3) is 0 Å². The van der Waals surface area contributed by atoms with Crippen LogP contribution in [0.2, 0.25) is 0 Å². The van der Waals surface area contributed by atoms with Crippen molar-refractivity contribution in [3.63, 3.8) is 0 Å². The molecule has 0 aliphatic carbocycles. The van der Waals surface area contributed by atoms with Gasteiger partial charge in [0.25, 0.3) is 5.91 Å². The normalized spacial score (nSPS) is 19.9. The summed E-state index contributed by atoms with van der Waals surface area (Å²) in [6, 6.07) is 9.82. The van der Waals surface area contributed by atoms with Gasteiger partial charge in [-0.05, 0) is 43.3 Å². The maximum atomic E-state index is 12.3. The number of sulfonamides is 1. The van der Waals surface area contributed by atoms with Crippen LogP contribution >= 0.6 is 0 Å². The highest BCUT2D eigenvalue weighted by Gasteiger charge is 2.27. The maximum absolute atomic E-state index is 12.3. The van der Waals surface area contributed by atoms with E-state index in [2.05, 4.69) is 17.0 Å². The fraction of sp³-hybridized carbons (Fsp3) is 0.421. The lowest BCUT2D eigenvalue weighted by Crippen LogP contribution is -3.14. The number of likely N-dealkylation sites (N-methyl/N-ethyl adjacent to an activating group) is 1. The molecule has 0 bridgehead atoms. The van der Waals surface area contributed by atoms with Gasteiger partial charge in [0.1, 0.15) is 11.8 Å². The van der Waals surface area contributed by atoms with Crippen LogP contribution in [-0.2, 0) is 16.6 Å². The standard InChI is InChI=1S/C19H25N3O4S/c1-2-22-11-3-5-16(22)13-20-19(23)15-7-9-18(10-8-15)27(24,25)21-14-17-6-4-12-26-17/h4,6-10,12,16,21H,2-3,5,11,13-14H2,1H3,(H,20,23)/p+1/t16-/m1/s1. The Kier molecular flexibility index (Phi) is 6.30. The van der Waals surface area contributed by atoms with E-state index in [1.165, 1.54) is 41.8 Å². The van der Waals surface area contributed by atoms with Gasteiger partial charge in [0.05, 0.1) is 37.3 Å². The van der Waals surface area contributed by atoms with Crippen molar-refractivity contribution in [2.75, 3.05) is 19.6 Å². The molecule has 2 heterocycles. The molecule has 1 aliphatic rings. The number of nitrogens with one attached hydrogen (secondary N) is 3. The summed E-state index contributed by atoms with van der Waals surface area (Å²) < 4.78 is 32.2. The minimum Gasteiger partial charge on any atom is -0.468 e. The summed E-state index contributed by atoms with van der Waals surface area (Å²) >= 11 is 0. The molecule has 2 atom stereocenters. The molecule has 0 radical (unpaired) electrons. The minimum atomic E-state index is -3.66. The first-order valence-corrected chi connectivity index (χ1v) is 10.7. The molecule has 1 saturated heterocycles. The lowest BCUT2D eigenvalue weighted by molar-refractivity contribution is -0.909. The molecule has 8 heteroatoms. The number of carbonyl (C=O) groups excluding carboxylic acids is 1. The zero-order chi connectivity index (χ0) is 19.3. The number of furan rings is 1. The number of rotatable bonds is 8. The van der Waals surface area contributed by atoms with Crippen LogP contribution in [0.5, 0.6) is 0 Å². The molecule has 1 aliphatic heterocycles. The second-order valence-corrected chi connectivity index (χ2v) is 8.51. The minimum absolute atomic E-state index is 0.0786. The van der Waals surface area contributed by atoms with Crippen LogP contribution < -0.4 is 14.9 Å². The Labute approximate surface area is 159 Å². The number of benzene rings is 1. The predicted octanol–water partition coefficient (Wildman–Crippen LogP) is 0.555. The average Bonchev–Trinajstić information content (AvgIpc) is 3.36. The van der Waals surface area contributed by atoms with Gasteiger partial charge in [0, 0.05) is 18.4 Å². The monoisotopic (exact) mass is 392 g/mol. The highest BCUT2D eigenvalue weighted by molar-refractivity contribution is 7.89. The molecule has 1 unspecified atom stereocenters. The molecule has 2 aromatic rings. The summed E-state index contributed by atoms with van der Waals surface area (Å²) in [5, 5.41) is 2.97. The SMILES string of the molecule is CC[NH+]1CCC[C@@H]1CNC(=O)c1ccc(S(=O)(=O)NCc2ccco2)cc1. The van der Waals surface area contributed by atoms with Crippen molar-refractivity contribution >= 4 is 15.9 Å². The smallest absolute Gasteiger partial charge is 0.251 e. The van der Waals surface area contributed by atoms with Gasteiger partial charge in [-0.3, -0.25) is 4.79 Å². The first-order valence-electron chi connectivity index (χ1n) is 9.24. The largest absolute Gasteiger partial charge is 0.468 e. The first kappa shape index (κ1) is 19.6. The number of amides is 1. The van der Waals surface area contributed by atoms with E-state index in [1.807, 2.05) is 0 Å². The maximum Gasteiger partial charge on any atom is 0.251 e. The summed E-state index contributed by atoms with van der Waals surface area (Å²) in [5.74, 6) is 0.356. The lowest BCUT2D eigenvalue weighted by Gasteiger charge is -2.20. The van der Waals surface area contributed by atoms with Crippen molar-refractivity contribution in [3.05, 3.63) is 54.0 Å². The van der Waals surface area contributed by atoms with Crippen molar-refractivity contribution < 1.29 is 22.5 Å². The number of likely N-dealkylation sites (tertiary alicyclic amines) is 1. The summed E-state index contributed by atoms with van der Waals surface area (Å²) in [4.78, 5) is 14.0. The van der Waals surface area contributed by atoms with Crippen LogP contribution in [0.15, 0.2) is 52.0 Å². The van der Waals surface area contributed by atoms with E-state index in [4.69, 9.17) is 4.42 Å². The zero-order valence-electron chi connectivity index (χ0n) is 15.4. The Hall–Kier alpha value is -2.16. The zero-order valence-corrected chi connectivity index (χ0v) is 16.2. The quantitative estimate of drug-likeness (QED) is 0.612. The van der Waals surface area contributed by atoms with E-state index >= 15 is 0 Å². The van der Waals surface area contributed by atoms with E-state index in [1.54, 1.807) is 12.1 Å². The molecule has 3 N–H and O–H groups in total. The Morgan fingerprint density at radius 1 is 1.26 bits per heavy atom. The van der Waals surface area contributed by atoms with Gasteiger partial charge in [-0.15, -0.1) is 0 Å². The highest BCUT2D eigenvalue weighted by Crippen LogP contribution is 2.12. The van der Waals surface area contributed by atoms with Crippen molar-refractivity contribution in [2.24, 2.45) is 0 Å². The van der Waals surface area contributed by atoms with Crippen molar-refractivity contribution in [2.45, 2.75) is 37.2 Å². The fourth-order valence-electron chi connectivity index (χ4n) is 3.46. The third-order valence-electron chi connectivity index (χ3n) is 5.03. The van der Waals surface area contributed by atoms with Crippen LogP contribution in [0.3, 0.4) is 0 Å². The van der Waals surface area contributed by atoms with E-state index in [0.29, 0.717) is 23.9 Å². The van der Waals surface area contributed by atoms with Crippen molar-refractivity contribution in [1.29, 1.82) is 0 Å². The summed E-state index contributed by atoms with van der Waals surface area (Å²) in [7, 11) is -3.66. The molecule has 1 amide bonds. The van der Waals surface area contributed by atoms with Gasteiger partial charge in [0.15, 0.2) is 0 Å². The van der Waals surface area contributed by atoms with Crippen LogP contribution in [0.1, 0.15) is 35.9 Å². The van der Waals surface area contributed by atoms with E-state index < -0.39 is 10.0 Å². The molecule has 3 rings (SSSR count). The Bertz CT molecular complexity index is 848.